The summed E-state index contributed by atoms with van der Waals surface area (Å²) in [5.74, 6) is 0.176. The number of fused-ring (bicyclic) bond motifs is 2. The monoisotopic (exact) mass is 603 g/mol. The minimum absolute atomic E-state index is 0. The topological polar surface area (TPSA) is 192 Å². The van der Waals surface area contributed by atoms with Crippen molar-refractivity contribution in [3.05, 3.63) is 52.6 Å². The van der Waals surface area contributed by atoms with Crippen LogP contribution >= 0.6 is 23.4 Å². The second-order valence-corrected chi connectivity index (χ2v) is 11.8. The third-order valence-corrected chi connectivity index (χ3v) is 9.45. The van der Waals surface area contributed by atoms with Crippen LogP contribution in [0.15, 0.2) is 40.5 Å². The van der Waals surface area contributed by atoms with E-state index in [4.69, 9.17) is 32.8 Å². The van der Waals surface area contributed by atoms with E-state index in [1.54, 1.807) is 12.3 Å². The number of hydrogen-bond acceptors (Lipinski definition) is 11. The first kappa shape index (κ1) is 30.0. The number of nitrogens with zero attached hydrogens (tertiary/aromatic N) is 6. The fourth-order valence-electron chi connectivity index (χ4n) is 5.60. The average Bonchev–Trinajstić information content (AvgIpc) is 3.61. The van der Waals surface area contributed by atoms with Gasteiger partial charge in [0.25, 0.3) is 5.91 Å². The summed E-state index contributed by atoms with van der Waals surface area (Å²) in [6, 6.07) is 5.76. The van der Waals surface area contributed by atoms with Gasteiger partial charge in [-0.1, -0.05) is 29.4 Å². The number of hydrogen-bond donors (Lipinski definition) is 3. The first-order valence-electron chi connectivity index (χ1n) is 12.9. The maximum Gasteiger partial charge on any atom is 1.00 e. The molecule has 1 saturated heterocycles. The molecule has 12 nitrogen and oxygen atoms in total. The zero-order valence-electron chi connectivity index (χ0n) is 22.4. The molecule has 41 heavy (non-hydrogen) atoms. The number of aromatic nitrogens is 6. The van der Waals surface area contributed by atoms with Gasteiger partial charge in [-0.05, 0) is 55.2 Å². The Morgan fingerprint density at radius 1 is 1.17 bits per heavy atom. The van der Waals surface area contributed by atoms with Gasteiger partial charge in [0.2, 0.25) is 11.8 Å². The number of nitrogens with one attached hydrogen (secondary N) is 1. The third-order valence-electron chi connectivity index (χ3n) is 7.92. The maximum absolute atomic E-state index is 12.6. The van der Waals surface area contributed by atoms with Crippen LogP contribution in [-0.2, 0) is 6.42 Å². The standard InChI is InChI=1S/C26H26ClN9O2S.Na.H2O/c27-18-16(5-9-31-23(18)38-13-3-4-13)39-24-17-19(21(29)37)32-25(33-22(17)34-35-24)36-10-6-26(7-11-36)12-15-14(20(26)28)2-1-8-30-15;;/h1-2,5,8-9,13,20H,3-4,6-7,10-12,28H2,(H2,29,37)(H,32,33,34,35);;1H2/q;+1;/p-1/t20-;;/m1../s1. The van der Waals surface area contributed by atoms with Crippen molar-refractivity contribution >= 4 is 46.3 Å². The summed E-state index contributed by atoms with van der Waals surface area (Å²) in [7, 11) is 0. The maximum atomic E-state index is 12.6. The van der Waals surface area contributed by atoms with E-state index in [9.17, 15) is 4.79 Å². The van der Waals surface area contributed by atoms with Gasteiger partial charge in [0.15, 0.2) is 5.65 Å². The molecule has 0 unspecified atom stereocenters. The van der Waals surface area contributed by atoms with Gasteiger partial charge in [-0.3, -0.25) is 14.9 Å². The molecule has 208 valence electrons. The number of halogens is 1. The summed E-state index contributed by atoms with van der Waals surface area (Å²) >= 11 is 7.86. The van der Waals surface area contributed by atoms with Crippen molar-refractivity contribution < 1.29 is 44.6 Å². The predicted octanol–water partition coefficient (Wildman–Crippen LogP) is 0.258. The van der Waals surface area contributed by atoms with E-state index in [-0.39, 0.29) is 58.3 Å². The summed E-state index contributed by atoms with van der Waals surface area (Å²) in [6.07, 6.45) is 8.23. The fourth-order valence-corrected chi connectivity index (χ4v) is 6.77. The van der Waals surface area contributed by atoms with Gasteiger partial charge in [-0.15, -0.1) is 0 Å². The smallest absolute Gasteiger partial charge is 0.870 e. The van der Waals surface area contributed by atoms with Crippen LogP contribution in [0.1, 0.15) is 53.5 Å². The van der Waals surface area contributed by atoms with Crippen molar-refractivity contribution in [1.29, 1.82) is 0 Å². The Balaban J connectivity index is 0.00000169. The molecule has 1 saturated carbocycles. The SMILES string of the molecule is NC(=O)c1nc(N2CCC3(CC2)Cc2ncccc2[C@H]3N)nc2[nH]nc(Sc3ccnc(OC4CC4)c3Cl)c12.[Na+].[OH-]. The fraction of sp³-hybridized carbons (Fsp3) is 0.385. The second kappa shape index (κ2) is 11.6. The van der Waals surface area contributed by atoms with Gasteiger partial charge in [-0.2, -0.15) is 10.1 Å². The van der Waals surface area contributed by atoms with Gasteiger partial charge < -0.3 is 26.6 Å². The number of nitrogens with two attached hydrogens (primary N) is 2. The van der Waals surface area contributed by atoms with Crippen LogP contribution < -0.4 is 50.7 Å². The van der Waals surface area contributed by atoms with Crippen molar-refractivity contribution in [1.82, 2.24) is 30.1 Å². The molecular formula is C26H27ClN9NaO3S. The molecule has 15 heteroatoms. The summed E-state index contributed by atoms with van der Waals surface area (Å²) in [6.45, 7) is 1.41. The van der Waals surface area contributed by atoms with E-state index in [0.29, 0.717) is 50.9 Å². The number of primary amides is 1. The summed E-state index contributed by atoms with van der Waals surface area (Å²) in [5.41, 5.74) is 15.2. The van der Waals surface area contributed by atoms with Crippen molar-refractivity contribution in [3.8, 4) is 5.88 Å². The van der Waals surface area contributed by atoms with E-state index in [2.05, 4.69) is 36.1 Å². The number of pyridine rings is 2. The first-order valence-corrected chi connectivity index (χ1v) is 14.1. The van der Waals surface area contributed by atoms with Crippen LogP contribution in [0.5, 0.6) is 5.88 Å². The molecule has 3 aliphatic rings. The number of carbonyl (C=O) groups is 1. The van der Waals surface area contributed by atoms with E-state index in [1.165, 1.54) is 11.8 Å². The van der Waals surface area contributed by atoms with Gasteiger partial charge in [0.1, 0.15) is 21.8 Å². The number of ether oxygens (including phenoxy) is 1. The summed E-state index contributed by atoms with van der Waals surface area (Å²) in [5, 5.41) is 8.73. The molecular weight excluding hydrogens is 577 g/mol. The van der Waals surface area contributed by atoms with Crippen LogP contribution in [0.3, 0.4) is 0 Å². The van der Waals surface area contributed by atoms with Gasteiger partial charge in [0, 0.05) is 42.1 Å². The zero-order chi connectivity index (χ0) is 26.7. The molecule has 4 aromatic heterocycles. The number of anilines is 1. The van der Waals surface area contributed by atoms with Gasteiger partial charge in [-0.25, -0.2) is 9.97 Å². The van der Waals surface area contributed by atoms with Crippen molar-refractivity contribution in [2.75, 3.05) is 18.0 Å². The predicted molar refractivity (Wildman–Crippen MR) is 148 cm³/mol. The first-order chi connectivity index (χ1) is 18.9. The number of rotatable bonds is 6. The van der Waals surface area contributed by atoms with Crippen molar-refractivity contribution in [3.63, 3.8) is 0 Å². The molecule has 7 rings (SSSR count). The Kier molecular flexibility index (Phi) is 8.50. The third kappa shape index (κ3) is 5.40. The number of aromatic amines is 1. The molecule has 1 aliphatic heterocycles. The van der Waals surface area contributed by atoms with E-state index >= 15 is 0 Å². The molecule has 4 aromatic rings. The van der Waals surface area contributed by atoms with E-state index < -0.39 is 5.91 Å². The Morgan fingerprint density at radius 3 is 2.66 bits per heavy atom. The normalized spacial score (nSPS) is 19.0. The Morgan fingerprint density at radius 2 is 1.95 bits per heavy atom. The molecule has 1 amide bonds. The van der Waals surface area contributed by atoms with Crippen LogP contribution in [0, 0.1) is 5.41 Å². The average molecular weight is 604 g/mol. The molecule has 2 fully saturated rings. The number of carbonyl (C=O) groups excluding carboxylic acids is 1. The molecule has 0 radical (unpaired) electrons. The Labute approximate surface area is 267 Å². The van der Waals surface area contributed by atoms with Gasteiger partial charge >= 0.3 is 29.6 Å². The summed E-state index contributed by atoms with van der Waals surface area (Å²) in [4.78, 5) is 33.5. The van der Waals surface area contributed by atoms with Crippen molar-refractivity contribution in [2.24, 2.45) is 16.9 Å². The van der Waals surface area contributed by atoms with E-state index in [1.807, 2.05) is 12.3 Å². The minimum atomic E-state index is -0.654. The molecule has 0 aromatic carbocycles. The van der Waals surface area contributed by atoms with Crippen LogP contribution in [0.4, 0.5) is 5.95 Å². The molecule has 5 heterocycles. The van der Waals surface area contributed by atoms with Crippen LogP contribution in [0.25, 0.3) is 11.0 Å². The van der Waals surface area contributed by atoms with Gasteiger partial charge in [0.05, 0.1) is 5.39 Å². The quantitative estimate of drug-likeness (QED) is 0.256. The molecule has 6 N–H and O–H groups in total. The number of amides is 1. The molecule has 0 bridgehead atoms. The minimum Gasteiger partial charge on any atom is -0.870 e. The van der Waals surface area contributed by atoms with Crippen LogP contribution in [-0.4, -0.2) is 60.7 Å². The van der Waals surface area contributed by atoms with Crippen LogP contribution in [0.2, 0.25) is 5.02 Å². The molecule has 1 atom stereocenters. The van der Waals surface area contributed by atoms with Crippen molar-refractivity contribution in [2.45, 2.75) is 54.2 Å². The zero-order valence-corrected chi connectivity index (χ0v) is 26.0. The number of H-pyrrole nitrogens is 1. The largest absolute Gasteiger partial charge is 1.00 e. The van der Waals surface area contributed by atoms with E-state index in [0.717, 1.165) is 43.4 Å². The number of piperidine rings is 1. The molecule has 2 aliphatic carbocycles. The second-order valence-electron chi connectivity index (χ2n) is 10.4. The summed E-state index contributed by atoms with van der Waals surface area (Å²) < 4.78 is 5.81. The molecule has 1 spiro atoms. The Hall–Kier alpha value is -2.52. The Bertz CT molecular complexity index is 1610.